The average molecular weight is 281 g/mol. The minimum Gasteiger partial charge on any atom is -0.479 e. The van der Waals surface area contributed by atoms with E-state index >= 15 is 0 Å². The fourth-order valence-electron chi connectivity index (χ4n) is 1.24. The molecule has 0 saturated heterocycles. The highest BCUT2D eigenvalue weighted by Crippen LogP contribution is 2.17. The number of aliphatic hydroxyl groups is 1. The largest absolute Gasteiger partial charge is 0.479 e. The summed E-state index contributed by atoms with van der Waals surface area (Å²) in [7, 11) is 0. The number of amides is 2. The zero-order valence-corrected chi connectivity index (χ0v) is 10.5. The molecule has 0 fully saturated rings. The lowest BCUT2D eigenvalue weighted by molar-refractivity contribution is -0.155. The highest BCUT2D eigenvalue weighted by molar-refractivity contribution is 5.91. The predicted molar refractivity (Wildman–Crippen MR) is 66.4 cm³/mol. The molecule has 0 spiro atoms. The van der Waals surface area contributed by atoms with Gasteiger partial charge in [-0.2, -0.15) is 5.26 Å². The van der Waals surface area contributed by atoms with Crippen LogP contribution >= 0.6 is 0 Å². The molecule has 7 nitrogen and oxygen atoms in total. The molecule has 0 aliphatic rings. The van der Waals surface area contributed by atoms with Crippen LogP contribution in [0, 0.1) is 17.1 Å². The minimum absolute atomic E-state index is 0.0556. The number of carbonyl (C=O) groups is 2. The Morgan fingerprint density at radius 2 is 2.15 bits per heavy atom. The molecule has 0 aromatic heterocycles. The fraction of sp³-hybridized carbons (Fsp3) is 0.250. The molecule has 1 aromatic rings. The zero-order valence-electron chi connectivity index (χ0n) is 10.5. The van der Waals surface area contributed by atoms with Gasteiger partial charge in [-0.05, 0) is 19.1 Å². The number of benzene rings is 1. The number of halogens is 1. The number of rotatable bonds is 4. The monoisotopic (exact) mass is 281 g/mol. The Kier molecular flexibility index (Phi) is 4.61. The number of hydrogen-bond acceptors (Lipinski definition) is 4. The summed E-state index contributed by atoms with van der Waals surface area (Å²) >= 11 is 0. The number of aliphatic carboxylic acids is 1. The van der Waals surface area contributed by atoms with Crippen LogP contribution in [0.15, 0.2) is 18.2 Å². The summed E-state index contributed by atoms with van der Waals surface area (Å²) in [5.74, 6) is -2.29. The topological polar surface area (TPSA) is 122 Å². The lowest BCUT2D eigenvalue weighted by atomic mass is 10.1. The van der Waals surface area contributed by atoms with Crippen molar-refractivity contribution >= 4 is 17.7 Å². The third-order valence-corrected chi connectivity index (χ3v) is 2.43. The van der Waals surface area contributed by atoms with Crippen LogP contribution in [-0.4, -0.2) is 34.4 Å². The smallest absolute Gasteiger partial charge is 0.337 e. The Labute approximate surface area is 113 Å². The van der Waals surface area contributed by atoms with Gasteiger partial charge >= 0.3 is 12.0 Å². The number of carboxylic acid groups (broad SMARTS) is 1. The fourth-order valence-corrected chi connectivity index (χ4v) is 1.24. The first-order valence-electron chi connectivity index (χ1n) is 5.47. The maximum atomic E-state index is 13.3. The van der Waals surface area contributed by atoms with Crippen LogP contribution in [0.1, 0.15) is 12.5 Å². The van der Waals surface area contributed by atoms with Gasteiger partial charge in [0.25, 0.3) is 0 Å². The van der Waals surface area contributed by atoms with E-state index in [2.05, 4.69) is 10.6 Å². The first-order chi connectivity index (χ1) is 9.27. The maximum absolute atomic E-state index is 13.3. The van der Waals surface area contributed by atoms with Crippen LogP contribution in [0.2, 0.25) is 0 Å². The molecule has 0 aliphatic carbocycles. The molecule has 0 aliphatic heterocycles. The number of nitrogens with zero attached hydrogens (tertiary/aromatic N) is 1. The van der Waals surface area contributed by atoms with Gasteiger partial charge in [0.15, 0.2) is 5.60 Å². The quantitative estimate of drug-likeness (QED) is 0.645. The maximum Gasteiger partial charge on any atom is 0.337 e. The van der Waals surface area contributed by atoms with E-state index < -0.39 is 30.0 Å². The van der Waals surface area contributed by atoms with Gasteiger partial charge in [-0.25, -0.2) is 14.0 Å². The first-order valence-corrected chi connectivity index (χ1v) is 5.47. The van der Waals surface area contributed by atoms with E-state index in [1.807, 2.05) is 0 Å². The molecule has 0 heterocycles. The molecule has 0 radical (unpaired) electrons. The summed E-state index contributed by atoms with van der Waals surface area (Å²) in [5, 5.41) is 31.1. The number of nitriles is 1. The van der Waals surface area contributed by atoms with Crippen LogP contribution in [-0.2, 0) is 4.79 Å². The van der Waals surface area contributed by atoms with Crippen molar-refractivity contribution in [1.82, 2.24) is 5.32 Å². The summed E-state index contributed by atoms with van der Waals surface area (Å²) in [6.07, 6.45) is 0. The van der Waals surface area contributed by atoms with Crippen molar-refractivity contribution in [3.63, 3.8) is 0 Å². The number of anilines is 1. The highest BCUT2D eigenvalue weighted by atomic mass is 19.1. The number of carbonyl (C=O) groups excluding carboxylic acids is 1. The van der Waals surface area contributed by atoms with E-state index in [9.17, 15) is 19.1 Å². The standard InChI is InChI=1S/C12H12FN3O4/c1-12(20,10(17)18)6-15-11(19)16-9-4-2-3-8(13)7(9)5-14/h2-4,20H,6H2,1H3,(H,17,18)(H2,15,16,19). The molecule has 0 saturated carbocycles. The first kappa shape index (κ1) is 15.4. The molecular weight excluding hydrogens is 269 g/mol. The van der Waals surface area contributed by atoms with Gasteiger partial charge in [0.05, 0.1) is 12.2 Å². The van der Waals surface area contributed by atoms with Crippen molar-refractivity contribution < 1.29 is 24.2 Å². The molecule has 0 bridgehead atoms. The summed E-state index contributed by atoms with van der Waals surface area (Å²) in [4.78, 5) is 22.1. The number of carboxylic acids is 1. The summed E-state index contributed by atoms with van der Waals surface area (Å²) in [5.41, 5.74) is -2.52. The van der Waals surface area contributed by atoms with Crippen LogP contribution in [0.4, 0.5) is 14.9 Å². The summed E-state index contributed by atoms with van der Waals surface area (Å²) in [6.45, 7) is 0.462. The Morgan fingerprint density at radius 1 is 1.50 bits per heavy atom. The van der Waals surface area contributed by atoms with Crippen molar-refractivity contribution in [3.8, 4) is 6.07 Å². The molecule has 8 heteroatoms. The van der Waals surface area contributed by atoms with E-state index in [1.165, 1.54) is 12.1 Å². The third-order valence-electron chi connectivity index (χ3n) is 2.43. The van der Waals surface area contributed by atoms with Gasteiger partial charge in [-0.1, -0.05) is 6.07 Å². The normalized spacial score (nSPS) is 12.9. The minimum atomic E-state index is -2.13. The van der Waals surface area contributed by atoms with Gasteiger partial charge in [0, 0.05) is 0 Å². The lowest BCUT2D eigenvalue weighted by Gasteiger charge is -2.18. The molecule has 1 aromatic carbocycles. The van der Waals surface area contributed by atoms with Crippen LogP contribution in [0.5, 0.6) is 0 Å². The third kappa shape index (κ3) is 3.66. The molecule has 106 valence electrons. The van der Waals surface area contributed by atoms with E-state index in [1.54, 1.807) is 6.07 Å². The lowest BCUT2D eigenvalue weighted by Crippen LogP contribution is -2.47. The second kappa shape index (κ2) is 5.99. The van der Waals surface area contributed by atoms with Crippen molar-refractivity contribution in [2.45, 2.75) is 12.5 Å². The van der Waals surface area contributed by atoms with E-state index in [4.69, 9.17) is 10.4 Å². The number of nitrogens with one attached hydrogen (secondary N) is 2. The van der Waals surface area contributed by atoms with Crippen LogP contribution in [0.3, 0.4) is 0 Å². The van der Waals surface area contributed by atoms with E-state index in [0.717, 1.165) is 13.0 Å². The summed E-state index contributed by atoms with van der Waals surface area (Å²) in [6, 6.07) is 4.42. The molecule has 1 rings (SSSR count). The molecule has 1 unspecified atom stereocenters. The zero-order chi connectivity index (χ0) is 15.3. The van der Waals surface area contributed by atoms with Crippen LogP contribution in [0.25, 0.3) is 0 Å². The predicted octanol–water partition coefficient (Wildman–Crippen LogP) is 0.654. The summed E-state index contributed by atoms with van der Waals surface area (Å²) < 4.78 is 13.3. The molecule has 2 amide bonds. The van der Waals surface area contributed by atoms with Gasteiger partial charge in [-0.3, -0.25) is 0 Å². The molecular formula is C12H12FN3O4. The second-order valence-corrected chi connectivity index (χ2v) is 4.16. The Balaban J connectivity index is 2.72. The van der Waals surface area contributed by atoms with E-state index in [-0.39, 0.29) is 11.3 Å². The van der Waals surface area contributed by atoms with Crippen LogP contribution < -0.4 is 10.6 Å². The average Bonchev–Trinajstić information content (AvgIpc) is 2.36. The molecule has 4 N–H and O–H groups in total. The second-order valence-electron chi connectivity index (χ2n) is 4.16. The SMILES string of the molecule is CC(O)(CNC(=O)Nc1cccc(F)c1C#N)C(=O)O. The Bertz CT molecular complexity index is 581. The molecule has 1 atom stereocenters. The van der Waals surface area contributed by atoms with Gasteiger partial charge in [0.1, 0.15) is 17.4 Å². The van der Waals surface area contributed by atoms with Crippen molar-refractivity contribution in [3.05, 3.63) is 29.6 Å². The molecule has 20 heavy (non-hydrogen) atoms. The number of urea groups is 1. The van der Waals surface area contributed by atoms with Crippen molar-refractivity contribution in [2.24, 2.45) is 0 Å². The number of hydrogen-bond donors (Lipinski definition) is 4. The van der Waals surface area contributed by atoms with E-state index in [0.29, 0.717) is 0 Å². The Morgan fingerprint density at radius 3 is 2.70 bits per heavy atom. The highest BCUT2D eigenvalue weighted by Gasteiger charge is 2.30. The van der Waals surface area contributed by atoms with Crippen molar-refractivity contribution in [1.29, 1.82) is 5.26 Å². The van der Waals surface area contributed by atoms with Gasteiger partial charge in [0.2, 0.25) is 0 Å². The van der Waals surface area contributed by atoms with Crippen molar-refractivity contribution in [2.75, 3.05) is 11.9 Å². The van der Waals surface area contributed by atoms with Gasteiger partial charge in [-0.15, -0.1) is 0 Å². The van der Waals surface area contributed by atoms with Gasteiger partial charge < -0.3 is 20.8 Å². The Hall–Kier alpha value is -2.66.